The number of likely N-dealkylation sites (N-methyl/N-ethyl adjacent to an activating group) is 1. The molecule has 0 spiro atoms. The monoisotopic (exact) mass is 505 g/mol. The van der Waals surface area contributed by atoms with Crippen molar-refractivity contribution in [3.05, 3.63) is 68.7 Å². The van der Waals surface area contributed by atoms with E-state index >= 15 is 0 Å². The normalized spacial score (nSPS) is 13.7. The van der Waals surface area contributed by atoms with E-state index in [-0.39, 0.29) is 0 Å². The summed E-state index contributed by atoms with van der Waals surface area (Å²) in [6, 6.07) is 13.4. The molecule has 2 aromatic carbocycles. The molecule has 1 N–H and O–H groups in total. The zero-order valence-corrected chi connectivity index (χ0v) is 19.2. The molecule has 0 unspecified atom stereocenters. The molecule has 1 aliphatic heterocycles. The van der Waals surface area contributed by atoms with Crippen LogP contribution in [0.25, 0.3) is 22.4 Å². The molecule has 5 nitrogen and oxygen atoms in total. The lowest BCUT2D eigenvalue weighted by Crippen LogP contribution is -2.33. The van der Waals surface area contributed by atoms with E-state index < -0.39 is 6.09 Å². The number of aromatic nitrogens is 1. The SMILES string of the molecule is CN1CCN(C(=O)O)Cc2ccc(-c3nccc(-c4cccc(Br)c4Cl)c3Cl)cc21. The van der Waals surface area contributed by atoms with Crippen LogP contribution in [0.4, 0.5) is 10.5 Å². The molecule has 0 bridgehead atoms. The Morgan fingerprint density at radius 1 is 1.10 bits per heavy atom. The second-order valence-electron chi connectivity index (χ2n) is 7.09. The van der Waals surface area contributed by atoms with Crippen molar-refractivity contribution in [3.63, 3.8) is 0 Å². The molecule has 30 heavy (non-hydrogen) atoms. The van der Waals surface area contributed by atoms with Crippen molar-refractivity contribution in [1.82, 2.24) is 9.88 Å². The number of hydrogen-bond donors (Lipinski definition) is 1. The first-order chi connectivity index (χ1) is 14.4. The van der Waals surface area contributed by atoms with Crippen molar-refractivity contribution < 1.29 is 9.90 Å². The average Bonchev–Trinajstić information content (AvgIpc) is 2.89. The van der Waals surface area contributed by atoms with Gasteiger partial charge in [0.25, 0.3) is 0 Å². The Morgan fingerprint density at radius 2 is 1.87 bits per heavy atom. The van der Waals surface area contributed by atoms with Crippen LogP contribution in [0.5, 0.6) is 0 Å². The van der Waals surface area contributed by atoms with Gasteiger partial charge in [-0.2, -0.15) is 0 Å². The van der Waals surface area contributed by atoms with Crippen LogP contribution >= 0.6 is 39.1 Å². The number of carbonyl (C=O) groups is 1. The maximum absolute atomic E-state index is 11.4. The van der Waals surface area contributed by atoms with E-state index in [1.54, 1.807) is 6.20 Å². The number of carboxylic acid groups (broad SMARTS) is 1. The summed E-state index contributed by atoms with van der Waals surface area (Å²) in [6.45, 7) is 1.41. The second kappa shape index (κ2) is 8.46. The van der Waals surface area contributed by atoms with Crippen LogP contribution < -0.4 is 4.90 Å². The van der Waals surface area contributed by atoms with Crippen molar-refractivity contribution in [3.8, 4) is 22.4 Å². The lowest BCUT2D eigenvalue weighted by Gasteiger charge is -2.20. The number of rotatable bonds is 2. The van der Waals surface area contributed by atoms with Gasteiger partial charge in [0.15, 0.2) is 0 Å². The molecule has 0 saturated heterocycles. The van der Waals surface area contributed by atoms with Gasteiger partial charge in [-0.05, 0) is 39.7 Å². The number of pyridine rings is 1. The van der Waals surface area contributed by atoms with E-state index in [4.69, 9.17) is 23.2 Å². The van der Waals surface area contributed by atoms with Crippen LogP contribution in [0.2, 0.25) is 10.0 Å². The molecule has 3 aromatic rings. The van der Waals surface area contributed by atoms with Crippen LogP contribution in [-0.4, -0.2) is 41.2 Å². The number of anilines is 1. The van der Waals surface area contributed by atoms with Crippen LogP contribution in [0.3, 0.4) is 0 Å². The van der Waals surface area contributed by atoms with Crippen molar-refractivity contribution in [2.45, 2.75) is 6.54 Å². The Labute approximate surface area is 193 Å². The number of nitrogens with zero attached hydrogens (tertiary/aromatic N) is 3. The minimum Gasteiger partial charge on any atom is -0.465 e. The maximum Gasteiger partial charge on any atom is 0.407 e. The number of hydrogen-bond acceptors (Lipinski definition) is 3. The first kappa shape index (κ1) is 21.0. The Balaban J connectivity index is 1.79. The van der Waals surface area contributed by atoms with Crippen molar-refractivity contribution >= 4 is 50.9 Å². The molecule has 1 amide bonds. The number of halogens is 3. The predicted molar refractivity (Wildman–Crippen MR) is 125 cm³/mol. The van der Waals surface area contributed by atoms with E-state index in [0.717, 1.165) is 32.4 Å². The van der Waals surface area contributed by atoms with E-state index in [0.29, 0.717) is 35.4 Å². The minimum atomic E-state index is -0.913. The van der Waals surface area contributed by atoms with Gasteiger partial charge in [-0.25, -0.2) is 4.79 Å². The Kier molecular flexibility index (Phi) is 5.91. The minimum absolute atomic E-state index is 0.351. The summed E-state index contributed by atoms with van der Waals surface area (Å²) in [5.41, 5.74) is 5.06. The average molecular weight is 507 g/mol. The van der Waals surface area contributed by atoms with Crippen LogP contribution in [0, 0.1) is 0 Å². The first-order valence-corrected chi connectivity index (χ1v) is 10.8. The first-order valence-electron chi connectivity index (χ1n) is 9.28. The molecule has 154 valence electrons. The molecule has 0 radical (unpaired) electrons. The lowest BCUT2D eigenvalue weighted by atomic mass is 10.0. The fraction of sp³-hybridized carbons (Fsp3) is 0.182. The predicted octanol–water partition coefficient (Wildman–Crippen LogP) is 6.41. The summed E-state index contributed by atoms with van der Waals surface area (Å²) in [5, 5.41) is 10.5. The summed E-state index contributed by atoms with van der Waals surface area (Å²) in [6.07, 6.45) is 0.804. The number of amides is 1. The Bertz CT molecular complexity index is 1140. The van der Waals surface area contributed by atoms with Crippen molar-refractivity contribution in [2.75, 3.05) is 25.0 Å². The molecule has 0 saturated carbocycles. The smallest absolute Gasteiger partial charge is 0.407 e. The van der Waals surface area contributed by atoms with Crippen LogP contribution in [0.15, 0.2) is 53.1 Å². The summed E-state index contributed by atoms with van der Waals surface area (Å²) in [5.74, 6) is 0. The van der Waals surface area contributed by atoms with Gasteiger partial charge in [-0.1, -0.05) is 47.5 Å². The third-order valence-corrected chi connectivity index (χ3v) is 6.92. The number of fused-ring (bicyclic) bond motifs is 1. The molecular weight excluding hydrogens is 489 g/mol. The van der Waals surface area contributed by atoms with Gasteiger partial charge >= 0.3 is 6.09 Å². The Hall–Kier alpha value is -2.28. The largest absolute Gasteiger partial charge is 0.465 e. The molecular formula is C22H18BrCl2N3O2. The second-order valence-corrected chi connectivity index (χ2v) is 8.70. The number of benzene rings is 2. The van der Waals surface area contributed by atoms with Gasteiger partial charge in [-0.3, -0.25) is 4.98 Å². The highest BCUT2D eigenvalue weighted by Gasteiger charge is 2.22. The zero-order chi connectivity index (χ0) is 21.4. The van der Waals surface area contributed by atoms with Crippen LogP contribution in [0.1, 0.15) is 5.56 Å². The summed E-state index contributed by atoms with van der Waals surface area (Å²) in [4.78, 5) is 19.4. The summed E-state index contributed by atoms with van der Waals surface area (Å²) in [7, 11) is 1.96. The lowest BCUT2D eigenvalue weighted by molar-refractivity contribution is 0.145. The summed E-state index contributed by atoms with van der Waals surface area (Å²) >= 11 is 16.7. The third kappa shape index (κ3) is 3.87. The molecule has 8 heteroatoms. The van der Waals surface area contributed by atoms with Crippen molar-refractivity contribution in [2.24, 2.45) is 0 Å². The highest BCUT2D eigenvalue weighted by atomic mass is 79.9. The quantitative estimate of drug-likeness (QED) is 0.436. The van der Waals surface area contributed by atoms with E-state index in [1.165, 1.54) is 4.90 Å². The fourth-order valence-electron chi connectivity index (χ4n) is 3.60. The zero-order valence-electron chi connectivity index (χ0n) is 16.1. The van der Waals surface area contributed by atoms with Crippen molar-refractivity contribution in [1.29, 1.82) is 0 Å². The van der Waals surface area contributed by atoms with Gasteiger partial charge in [0.1, 0.15) is 0 Å². The molecule has 0 atom stereocenters. The molecule has 0 aliphatic carbocycles. The molecule has 0 fully saturated rings. The molecule has 2 heterocycles. The summed E-state index contributed by atoms with van der Waals surface area (Å²) < 4.78 is 0.797. The Morgan fingerprint density at radius 3 is 2.63 bits per heavy atom. The molecule has 1 aliphatic rings. The van der Waals surface area contributed by atoms with Gasteiger partial charge in [0.05, 0.1) is 22.3 Å². The highest BCUT2D eigenvalue weighted by molar-refractivity contribution is 9.10. The van der Waals surface area contributed by atoms with Gasteiger partial charge in [-0.15, -0.1) is 0 Å². The van der Waals surface area contributed by atoms with Gasteiger partial charge < -0.3 is 14.9 Å². The molecule has 4 rings (SSSR count). The van der Waals surface area contributed by atoms with Gasteiger partial charge in [0.2, 0.25) is 0 Å². The standard InChI is InChI=1S/C22H18BrCl2N3O2/c1-27-9-10-28(22(29)30)12-14-6-5-13(11-18(14)27)21-20(25)16(7-8-26-21)15-3-2-4-17(23)19(15)24/h2-8,11H,9-10,12H2,1H3,(H,29,30). The van der Waals surface area contributed by atoms with Gasteiger partial charge in [0, 0.05) is 53.2 Å². The highest BCUT2D eigenvalue weighted by Crippen LogP contribution is 2.41. The maximum atomic E-state index is 11.4. The van der Waals surface area contributed by atoms with E-state index in [1.807, 2.05) is 49.5 Å². The third-order valence-electron chi connectivity index (χ3n) is 5.24. The molecule has 1 aromatic heterocycles. The topological polar surface area (TPSA) is 56.7 Å². The fourth-order valence-corrected chi connectivity index (χ4v) is 4.52. The van der Waals surface area contributed by atoms with Crippen LogP contribution in [-0.2, 0) is 6.54 Å². The van der Waals surface area contributed by atoms with E-state index in [9.17, 15) is 9.90 Å². The van der Waals surface area contributed by atoms with E-state index in [2.05, 4.69) is 25.8 Å².